The molecule has 0 spiro atoms. The molecule has 164 valence electrons. The topological polar surface area (TPSA) is 65.5 Å². The van der Waals surface area contributed by atoms with Crippen LogP contribution in [0, 0.1) is 23.1 Å². The first kappa shape index (κ1) is 21.2. The Hall–Kier alpha value is -2.02. The lowest BCUT2D eigenvalue weighted by molar-refractivity contribution is -0.153. The molecule has 4 heterocycles. The maximum absolute atomic E-state index is 14.2. The van der Waals surface area contributed by atoms with Gasteiger partial charge in [-0.1, -0.05) is 20.8 Å². The van der Waals surface area contributed by atoms with Crippen molar-refractivity contribution in [2.75, 3.05) is 19.6 Å². The van der Waals surface area contributed by atoms with E-state index < -0.39 is 5.41 Å². The molecule has 1 aromatic heterocycles. The van der Waals surface area contributed by atoms with E-state index in [9.17, 15) is 14.0 Å². The van der Waals surface area contributed by atoms with Crippen LogP contribution in [-0.2, 0) is 16.1 Å². The number of carbonyl (C=O) groups is 2. The molecule has 2 bridgehead atoms. The lowest BCUT2D eigenvalue weighted by Gasteiger charge is -2.56. The number of likely N-dealkylation sites (tertiary alicyclic amines) is 1. The summed E-state index contributed by atoms with van der Waals surface area (Å²) in [4.78, 5) is 34.0. The summed E-state index contributed by atoms with van der Waals surface area (Å²) in [5, 5.41) is 3.10. The van der Waals surface area contributed by atoms with Gasteiger partial charge in [0.1, 0.15) is 5.82 Å². The van der Waals surface area contributed by atoms with Gasteiger partial charge in [0, 0.05) is 50.3 Å². The number of piperidine rings is 3. The average Bonchev–Trinajstić information content (AvgIpc) is 2.69. The van der Waals surface area contributed by atoms with Gasteiger partial charge >= 0.3 is 0 Å². The zero-order chi connectivity index (χ0) is 21.5. The Morgan fingerprint density at radius 1 is 1.30 bits per heavy atom. The van der Waals surface area contributed by atoms with Crippen LogP contribution in [0.3, 0.4) is 0 Å². The first-order chi connectivity index (χ1) is 14.2. The third-order valence-corrected chi connectivity index (χ3v) is 6.93. The standard InChI is InChI=1S/C23H33FN4O2/c1-23(2,3)22(30)26-11-20-16-10-15(19-7-4-8-21(29)28(19)20)12-27(13-16)14-18-17(24)6-5-9-25-18/h5-6,9,15-16,19-20H,4,7-8,10-14H2,1-3H3,(H,26,30)/t15-,16+,19+,20+/m1/s1. The van der Waals surface area contributed by atoms with Crippen LogP contribution in [0.4, 0.5) is 4.39 Å². The molecule has 0 aliphatic carbocycles. The van der Waals surface area contributed by atoms with Crippen molar-refractivity contribution in [1.29, 1.82) is 0 Å². The van der Waals surface area contributed by atoms with Crippen LogP contribution < -0.4 is 5.32 Å². The van der Waals surface area contributed by atoms with Gasteiger partial charge in [0.2, 0.25) is 11.8 Å². The summed E-state index contributed by atoms with van der Waals surface area (Å²) < 4.78 is 14.2. The van der Waals surface area contributed by atoms with Crippen LogP contribution in [0.2, 0.25) is 0 Å². The Kier molecular flexibility index (Phi) is 5.84. The molecule has 3 fully saturated rings. The van der Waals surface area contributed by atoms with Crippen LogP contribution in [0.5, 0.6) is 0 Å². The number of carbonyl (C=O) groups excluding carboxylic acids is 2. The third-order valence-electron chi connectivity index (χ3n) is 6.93. The van der Waals surface area contributed by atoms with Crippen LogP contribution >= 0.6 is 0 Å². The summed E-state index contributed by atoms with van der Waals surface area (Å²) in [6, 6.07) is 3.29. The molecule has 1 N–H and O–H groups in total. The van der Waals surface area contributed by atoms with Crippen molar-refractivity contribution in [2.45, 2.75) is 65.1 Å². The highest BCUT2D eigenvalue weighted by molar-refractivity contribution is 5.81. The molecule has 0 unspecified atom stereocenters. The molecule has 4 rings (SSSR count). The molecule has 3 aliphatic rings. The predicted octanol–water partition coefficient (Wildman–Crippen LogP) is 2.58. The Balaban J connectivity index is 1.53. The fraction of sp³-hybridized carbons (Fsp3) is 0.696. The number of nitrogens with one attached hydrogen (secondary N) is 1. The highest BCUT2D eigenvalue weighted by atomic mass is 19.1. The molecule has 4 atom stereocenters. The van der Waals surface area contributed by atoms with Gasteiger partial charge in [-0.25, -0.2) is 4.39 Å². The summed E-state index contributed by atoms with van der Waals surface area (Å²) in [5.74, 6) is 0.633. The quantitative estimate of drug-likeness (QED) is 0.819. The summed E-state index contributed by atoms with van der Waals surface area (Å²) in [6.45, 7) is 8.33. The molecule has 6 nitrogen and oxygen atoms in total. The maximum Gasteiger partial charge on any atom is 0.225 e. The lowest BCUT2D eigenvalue weighted by atomic mass is 9.72. The largest absolute Gasteiger partial charge is 0.354 e. The molecule has 30 heavy (non-hydrogen) atoms. The van der Waals surface area contributed by atoms with Gasteiger partial charge in [0.05, 0.1) is 11.7 Å². The molecule has 3 saturated heterocycles. The van der Waals surface area contributed by atoms with Crippen molar-refractivity contribution in [2.24, 2.45) is 17.3 Å². The minimum Gasteiger partial charge on any atom is -0.354 e. The van der Waals surface area contributed by atoms with Gasteiger partial charge < -0.3 is 10.2 Å². The molecule has 0 radical (unpaired) electrons. The smallest absolute Gasteiger partial charge is 0.225 e. The van der Waals surface area contributed by atoms with Gasteiger partial charge in [0.15, 0.2) is 0 Å². The fourth-order valence-corrected chi connectivity index (χ4v) is 5.47. The molecular formula is C23H33FN4O2. The Morgan fingerprint density at radius 3 is 2.80 bits per heavy atom. The van der Waals surface area contributed by atoms with E-state index in [2.05, 4.69) is 20.1 Å². The molecule has 0 saturated carbocycles. The van der Waals surface area contributed by atoms with E-state index in [0.29, 0.717) is 31.1 Å². The second-order valence-corrected chi connectivity index (χ2v) is 10.2. The second-order valence-electron chi connectivity index (χ2n) is 10.2. The molecular weight excluding hydrogens is 383 g/mol. The molecule has 0 aromatic carbocycles. The number of hydrogen-bond acceptors (Lipinski definition) is 4. The predicted molar refractivity (Wildman–Crippen MR) is 112 cm³/mol. The summed E-state index contributed by atoms with van der Waals surface area (Å²) >= 11 is 0. The molecule has 7 heteroatoms. The molecule has 1 aromatic rings. The van der Waals surface area contributed by atoms with Crippen LogP contribution in [0.15, 0.2) is 18.3 Å². The normalized spacial score (nSPS) is 29.5. The minimum absolute atomic E-state index is 0.00160. The average molecular weight is 417 g/mol. The number of pyridine rings is 1. The summed E-state index contributed by atoms with van der Waals surface area (Å²) in [7, 11) is 0. The fourth-order valence-electron chi connectivity index (χ4n) is 5.47. The summed E-state index contributed by atoms with van der Waals surface area (Å²) in [6.07, 6.45) is 5.24. The highest BCUT2D eigenvalue weighted by Gasteiger charge is 2.49. The first-order valence-corrected chi connectivity index (χ1v) is 11.1. The van der Waals surface area contributed by atoms with Crippen LogP contribution in [0.25, 0.3) is 0 Å². The van der Waals surface area contributed by atoms with E-state index in [4.69, 9.17) is 0 Å². The Labute approximate surface area is 178 Å². The first-order valence-electron chi connectivity index (χ1n) is 11.1. The number of nitrogens with zero attached hydrogens (tertiary/aromatic N) is 3. The van der Waals surface area contributed by atoms with E-state index in [1.54, 1.807) is 12.3 Å². The van der Waals surface area contributed by atoms with E-state index >= 15 is 0 Å². The van der Waals surface area contributed by atoms with Gasteiger partial charge in [-0.3, -0.25) is 19.5 Å². The van der Waals surface area contributed by atoms with Gasteiger partial charge in [0.25, 0.3) is 0 Å². The van der Waals surface area contributed by atoms with Gasteiger partial charge in [-0.2, -0.15) is 0 Å². The molecule has 3 aliphatic heterocycles. The van der Waals surface area contributed by atoms with Crippen molar-refractivity contribution in [3.8, 4) is 0 Å². The van der Waals surface area contributed by atoms with E-state index in [1.807, 2.05) is 20.8 Å². The third kappa shape index (κ3) is 4.22. The zero-order valence-electron chi connectivity index (χ0n) is 18.2. The zero-order valence-corrected chi connectivity index (χ0v) is 18.2. The number of rotatable bonds is 4. The van der Waals surface area contributed by atoms with Crippen molar-refractivity contribution in [3.05, 3.63) is 29.8 Å². The lowest BCUT2D eigenvalue weighted by Crippen LogP contribution is -2.67. The van der Waals surface area contributed by atoms with E-state index in [0.717, 1.165) is 32.4 Å². The maximum atomic E-state index is 14.2. The number of halogens is 1. The SMILES string of the molecule is CC(C)(C)C(=O)NC[C@H]1[C@H]2C[C@H](CN(Cc3ncccc3F)C2)[C@@H]2CCCC(=O)N21. The Morgan fingerprint density at radius 2 is 2.07 bits per heavy atom. The van der Waals surface area contributed by atoms with Gasteiger partial charge in [-0.05, 0) is 43.2 Å². The number of fused-ring (bicyclic) bond motifs is 4. The second kappa shape index (κ2) is 8.25. The van der Waals surface area contributed by atoms with Crippen molar-refractivity contribution in [3.63, 3.8) is 0 Å². The monoisotopic (exact) mass is 416 g/mol. The Bertz CT molecular complexity index is 809. The summed E-state index contributed by atoms with van der Waals surface area (Å²) in [5.41, 5.74) is 0.0177. The van der Waals surface area contributed by atoms with Crippen molar-refractivity contribution in [1.82, 2.24) is 20.1 Å². The molecule has 2 amide bonds. The minimum atomic E-state index is -0.461. The van der Waals surface area contributed by atoms with Crippen LogP contribution in [0.1, 0.15) is 52.1 Å². The highest BCUT2D eigenvalue weighted by Crippen LogP contribution is 2.41. The number of aromatic nitrogens is 1. The van der Waals surface area contributed by atoms with Crippen molar-refractivity contribution >= 4 is 11.8 Å². The number of hydrogen-bond donors (Lipinski definition) is 1. The van der Waals surface area contributed by atoms with E-state index in [-0.39, 0.29) is 35.6 Å². The van der Waals surface area contributed by atoms with E-state index in [1.165, 1.54) is 6.07 Å². The van der Waals surface area contributed by atoms with Crippen LogP contribution in [-0.4, -0.2) is 58.3 Å². The number of amides is 2. The van der Waals surface area contributed by atoms with Gasteiger partial charge in [-0.15, -0.1) is 0 Å². The van der Waals surface area contributed by atoms with Crippen molar-refractivity contribution < 1.29 is 14.0 Å².